The summed E-state index contributed by atoms with van der Waals surface area (Å²) in [5.41, 5.74) is 6.49. The van der Waals surface area contributed by atoms with Crippen LogP contribution in [0.2, 0.25) is 0 Å². The number of thioether (sulfide) groups is 1. The molecule has 0 radical (unpaired) electrons. The fourth-order valence-electron chi connectivity index (χ4n) is 1.87. The number of hydrogen-bond acceptors (Lipinski definition) is 4. The van der Waals surface area contributed by atoms with Gasteiger partial charge in [0.25, 0.3) is 0 Å². The molecule has 1 saturated heterocycles. The Morgan fingerprint density at radius 3 is 2.59 bits per heavy atom. The summed E-state index contributed by atoms with van der Waals surface area (Å²) in [5.74, 6) is 1.17. The van der Waals surface area contributed by atoms with Gasteiger partial charge in [0, 0.05) is 23.7 Å². The topological polar surface area (TPSA) is 38.5 Å². The fourth-order valence-corrected chi connectivity index (χ4v) is 2.70. The number of anilines is 1. The van der Waals surface area contributed by atoms with Gasteiger partial charge in [0.1, 0.15) is 0 Å². The van der Waals surface area contributed by atoms with Crippen LogP contribution in [0.1, 0.15) is 6.42 Å². The zero-order valence-electron chi connectivity index (χ0n) is 10.1. The van der Waals surface area contributed by atoms with E-state index in [0.29, 0.717) is 0 Å². The lowest BCUT2D eigenvalue weighted by atomic mass is 10.3. The highest BCUT2D eigenvalue weighted by molar-refractivity contribution is 7.99. The van der Waals surface area contributed by atoms with Gasteiger partial charge in [-0.2, -0.15) is 0 Å². The quantitative estimate of drug-likeness (QED) is 0.495. The molecule has 0 atom stereocenters. The monoisotopic (exact) mass is 252 g/mol. The van der Waals surface area contributed by atoms with Crippen molar-refractivity contribution in [1.82, 2.24) is 4.90 Å². The predicted molar refractivity (Wildman–Crippen MR) is 73.5 cm³/mol. The molecule has 1 aliphatic heterocycles. The number of nitrogens with two attached hydrogens (primary N) is 1. The van der Waals surface area contributed by atoms with Crippen LogP contribution in [0.3, 0.4) is 0 Å². The first-order valence-electron chi connectivity index (χ1n) is 6.13. The van der Waals surface area contributed by atoms with Crippen LogP contribution in [0.4, 0.5) is 5.69 Å². The average molecular weight is 252 g/mol. The maximum atomic E-state index is 5.65. The van der Waals surface area contributed by atoms with E-state index in [-0.39, 0.29) is 0 Å². The van der Waals surface area contributed by atoms with Crippen molar-refractivity contribution in [3.8, 4) is 0 Å². The Hall–Kier alpha value is -0.710. The number of hydrogen-bond donors (Lipinski definition) is 1. The molecule has 4 heteroatoms. The number of morpholine rings is 1. The number of rotatable bonds is 5. The summed E-state index contributed by atoms with van der Waals surface area (Å²) in [6.45, 7) is 5.15. The fraction of sp³-hybridized carbons (Fsp3) is 0.538. The van der Waals surface area contributed by atoms with Crippen LogP contribution in [0.25, 0.3) is 0 Å². The second-order valence-electron chi connectivity index (χ2n) is 4.23. The molecule has 0 saturated carbocycles. The molecule has 17 heavy (non-hydrogen) atoms. The van der Waals surface area contributed by atoms with Crippen molar-refractivity contribution < 1.29 is 4.74 Å². The van der Waals surface area contributed by atoms with E-state index in [1.165, 1.54) is 23.6 Å². The van der Waals surface area contributed by atoms with Crippen molar-refractivity contribution in [3.63, 3.8) is 0 Å². The van der Waals surface area contributed by atoms with Crippen molar-refractivity contribution in [2.75, 3.05) is 44.3 Å². The molecule has 0 spiro atoms. The lowest BCUT2D eigenvalue weighted by Crippen LogP contribution is -2.36. The van der Waals surface area contributed by atoms with E-state index in [1.807, 2.05) is 23.9 Å². The van der Waals surface area contributed by atoms with Crippen molar-refractivity contribution >= 4 is 17.4 Å². The molecule has 0 bridgehead atoms. The molecule has 3 nitrogen and oxygen atoms in total. The van der Waals surface area contributed by atoms with Crippen LogP contribution < -0.4 is 5.73 Å². The van der Waals surface area contributed by atoms with Crippen LogP contribution in [0, 0.1) is 0 Å². The van der Waals surface area contributed by atoms with Crippen molar-refractivity contribution in [1.29, 1.82) is 0 Å². The molecule has 1 aliphatic rings. The number of nitrogens with zero attached hydrogens (tertiary/aromatic N) is 1. The van der Waals surface area contributed by atoms with E-state index in [9.17, 15) is 0 Å². The molecule has 1 heterocycles. The van der Waals surface area contributed by atoms with Crippen molar-refractivity contribution in [2.24, 2.45) is 0 Å². The molecule has 2 rings (SSSR count). The molecule has 2 N–H and O–H groups in total. The number of ether oxygens (including phenoxy) is 1. The minimum Gasteiger partial charge on any atom is -0.399 e. The largest absolute Gasteiger partial charge is 0.399 e. The zero-order valence-corrected chi connectivity index (χ0v) is 10.9. The van der Waals surface area contributed by atoms with Crippen LogP contribution >= 0.6 is 11.8 Å². The molecule has 0 aliphatic carbocycles. The molecule has 0 aromatic heterocycles. The molecule has 1 aromatic rings. The maximum absolute atomic E-state index is 5.65. The van der Waals surface area contributed by atoms with Crippen molar-refractivity contribution in [2.45, 2.75) is 11.3 Å². The Bertz CT molecular complexity index is 323. The second kappa shape index (κ2) is 6.89. The summed E-state index contributed by atoms with van der Waals surface area (Å²) in [6, 6.07) is 8.11. The first-order chi connectivity index (χ1) is 8.34. The summed E-state index contributed by atoms with van der Waals surface area (Å²) >= 11 is 1.90. The Morgan fingerprint density at radius 2 is 1.88 bits per heavy atom. The normalized spacial score (nSPS) is 17.2. The van der Waals surface area contributed by atoms with E-state index in [0.717, 1.165) is 32.0 Å². The Kier molecular flexibility index (Phi) is 5.16. The van der Waals surface area contributed by atoms with E-state index in [1.54, 1.807) is 0 Å². The highest BCUT2D eigenvalue weighted by Gasteiger charge is 2.08. The Labute approximate surface area is 107 Å². The van der Waals surface area contributed by atoms with Gasteiger partial charge in [-0.15, -0.1) is 11.8 Å². The van der Waals surface area contributed by atoms with Gasteiger partial charge in [0.15, 0.2) is 0 Å². The smallest absolute Gasteiger partial charge is 0.0594 e. The highest BCUT2D eigenvalue weighted by Crippen LogP contribution is 2.19. The van der Waals surface area contributed by atoms with Crippen LogP contribution in [0.5, 0.6) is 0 Å². The first kappa shape index (κ1) is 12.7. The third-order valence-corrected chi connectivity index (χ3v) is 3.97. The first-order valence-corrected chi connectivity index (χ1v) is 7.11. The minimum atomic E-state index is 0.836. The van der Waals surface area contributed by atoms with E-state index >= 15 is 0 Å². The summed E-state index contributed by atoms with van der Waals surface area (Å²) in [4.78, 5) is 3.79. The van der Waals surface area contributed by atoms with Gasteiger partial charge in [-0.3, -0.25) is 4.90 Å². The minimum absolute atomic E-state index is 0.836. The Morgan fingerprint density at radius 1 is 1.18 bits per heavy atom. The predicted octanol–water partition coefficient (Wildman–Crippen LogP) is 2.08. The summed E-state index contributed by atoms with van der Waals surface area (Å²) in [5, 5.41) is 0. The lowest BCUT2D eigenvalue weighted by Gasteiger charge is -2.26. The van der Waals surface area contributed by atoms with Crippen molar-refractivity contribution in [3.05, 3.63) is 24.3 Å². The van der Waals surface area contributed by atoms with Crippen LogP contribution in [-0.4, -0.2) is 43.5 Å². The van der Waals surface area contributed by atoms with Crippen LogP contribution in [0.15, 0.2) is 29.2 Å². The van der Waals surface area contributed by atoms with Gasteiger partial charge in [0.2, 0.25) is 0 Å². The molecule has 1 aromatic carbocycles. The number of benzene rings is 1. The van der Waals surface area contributed by atoms with Gasteiger partial charge in [0.05, 0.1) is 13.2 Å². The maximum Gasteiger partial charge on any atom is 0.0594 e. The lowest BCUT2D eigenvalue weighted by molar-refractivity contribution is 0.0381. The summed E-state index contributed by atoms with van der Waals surface area (Å²) < 4.78 is 5.33. The van der Waals surface area contributed by atoms with E-state index in [4.69, 9.17) is 10.5 Å². The van der Waals surface area contributed by atoms with Gasteiger partial charge in [-0.25, -0.2) is 0 Å². The highest BCUT2D eigenvalue weighted by atomic mass is 32.2. The third kappa shape index (κ3) is 4.58. The molecular weight excluding hydrogens is 232 g/mol. The molecule has 94 valence electrons. The van der Waals surface area contributed by atoms with Gasteiger partial charge >= 0.3 is 0 Å². The van der Waals surface area contributed by atoms with Gasteiger partial charge in [-0.1, -0.05) is 0 Å². The Balaban J connectivity index is 1.60. The van der Waals surface area contributed by atoms with E-state index in [2.05, 4.69) is 17.0 Å². The molecule has 0 amide bonds. The van der Waals surface area contributed by atoms with Gasteiger partial charge < -0.3 is 10.5 Å². The standard InChI is InChI=1S/C13H20N2OS/c14-12-2-4-13(5-3-12)17-11-1-6-15-7-9-16-10-8-15/h2-5H,1,6-11,14H2. The summed E-state index contributed by atoms with van der Waals surface area (Å²) in [6.07, 6.45) is 1.23. The average Bonchev–Trinajstić information content (AvgIpc) is 2.38. The second-order valence-corrected chi connectivity index (χ2v) is 5.39. The zero-order chi connectivity index (χ0) is 11.9. The van der Waals surface area contributed by atoms with Gasteiger partial charge in [-0.05, 0) is 43.0 Å². The van der Waals surface area contributed by atoms with E-state index < -0.39 is 0 Å². The number of nitrogen functional groups attached to an aromatic ring is 1. The molecule has 1 fully saturated rings. The molecular formula is C13H20N2OS. The summed E-state index contributed by atoms with van der Waals surface area (Å²) in [7, 11) is 0. The molecule has 0 unspecified atom stereocenters. The third-order valence-electron chi connectivity index (χ3n) is 2.87. The van der Waals surface area contributed by atoms with Crippen LogP contribution in [-0.2, 0) is 4.74 Å². The SMILES string of the molecule is Nc1ccc(SCCCN2CCOCC2)cc1.